The quantitative estimate of drug-likeness (QED) is 0.687. The van der Waals surface area contributed by atoms with Crippen LogP contribution in [0.15, 0.2) is 0 Å². The van der Waals surface area contributed by atoms with Crippen molar-refractivity contribution >= 4 is 11.8 Å². The Balaban J connectivity index is 0.00000211. The minimum atomic E-state index is -0.580. The molecule has 2 amide bonds. The van der Waals surface area contributed by atoms with E-state index in [0.717, 1.165) is 32.1 Å². The van der Waals surface area contributed by atoms with Crippen LogP contribution < -0.4 is 10.6 Å². The van der Waals surface area contributed by atoms with Gasteiger partial charge in [0.05, 0.1) is 12.2 Å². The minimum absolute atomic E-state index is 0.179. The SMILES string of the molecule is CC.CCCC(CC)COC1(C(NC(C)=O)C(=O)NC)CC1. The molecule has 2 atom stereocenters. The van der Waals surface area contributed by atoms with Crippen molar-refractivity contribution in [2.75, 3.05) is 13.7 Å². The Bertz CT molecular complexity index is 341. The molecular formula is C17H34N2O3. The van der Waals surface area contributed by atoms with Crippen molar-refractivity contribution in [3.05, 3.63) is 0 Å². The summed E-state index contributed by atoms with van der Waals surface area (Å²) < 4.78 is 6.06. The zero-order valence-corrected chi connectivity index (χ0v) is 15.1. The van der Waals surface area contributed by atoms with Crippen LogP contribution in [0.5, 0.6) is 0 Å². The summed E-state index contributed by atoms with van der Waals surface area (Å²) in [7, 11) is 1.58. The molecule has 130 valence electrons. The number of hydrogen-bond donors (Lipinski definition) is 2. The zero-order chi connectivity index (χ0) is 17.2. The molecule has 0 bridgehead atoms. The Hall–Kier alpha value is -1.10. The van der Waals surface area contributed by atoms with Crippen molar-refractivity contribution in [3.63, 3.8) is 0 Å². The number of carbonyl (C=O) groups excluding carboxylic acids is 2. The van der Waals surface area contributed by atoms with E-state index >= 15 is 0 Å². The third kappa shape index (κ3) is 6.34. The van der Waals surface area contributed by atoms with Gasteiger partial charge in [-0.3, -0.25) is 9.59 Å². The van der Waals surface area contributed by atoms with Gasteiger partial charge in [0, 0.05) is 14.0 Å². The summed E-state index contributed by atoms with van der Waals surface area (Å²) in [4.78, 5) is 23.3. The van der Waals surface area contributed by atoms with Crippen molar-refractivity contribution in [2.24, 2.45) is 5.92 Å². The molecule has 5 heteroatoms. The van der Waals surface area contributed by atoms with Gasteiger partial charge in [0.15, 0.2) is 0 Å². The maximum Gasteiger partial charge on any atom is 0.245 e. The molecule has 5 nitrogen and oxygen atoms in total. The first kappa shape index (κ1) is 20.9. The van der Waals surface area contributed by atoms with E-state index in [4.69, 9.17) is 4.74 Å². The highest BCUT2D eigenvalue weighted by molar-refractivity contribution is 5.88. The Morgan fingerprint density at radius 3 is 2.18 bits per heavy atom. The number of carbonyl (C=O) groups is 2. The van der Waals surface area contributed by atoms with E-state index < -0.39 is 11.6 Å². The molecular weight excluding hydrogens is 280 g/mol. The van der Waals surface area contributed by atoms with Gasteiger partial charge in [-0.2, -0.15) is 0 Å². The lowest BCUT2D eigenvalue weighted by molar-refractivity contribution is -0.134. The molecule has 1 saturated carbocycles. The highest BCUT2D eigenvalue weighted by atomic mass is 16.5. The Labute approximate surface area is 135 Å². The zero-order valence-electron chi connectivity index (χ0n) is 15.1. The standard InChI is InChI=1S/C15H28N2O3.C2H6/c1-5-7-12(6-2)10-20-15(8-9-15)13(14(19)16-4)17-11(3)18;1-2/h12-13H,5-10H2,1-4H3,(H,16,19)(H,17,18);1-2H3. The Kier molecular flexibility index (Phi) is 10.1. The lowest BCUT2D eigenvalue weighted by atomic mass is 10.0. The fourth-order valence-corrected chi connectivity index (χ4v) is 2.52. The van der Waals surface area contributed by atoms with E-state index in [0.29, 0.717) is 12.5 Å². The van der Waals surface area contributed by atoms with E-state index in [-0.39, 0.29) is 11.8 Å². The molecule has 22 heavy (non-hydrogen) atoms. The first-order valence-electron chi connectivity index (χ1n) is 8.61. The molecule has 0 aromatic rings. The van der Waals surface area contributed by atoms with Crippen LogP contribution >= 0.6 is 0 Å². The van der Waals surface area contributed by atoms with Gasteiger partial charge in [-0.25, -0.2) is 0 Å². The van der Waals surface area contributed by atoms with Crippen LogP contribution in [0.1, 0.15) is 66.7 Å². The van der Waals surface area contributed by atoms with E-state index in [1.54, 1.807) is 7.05 Å². The van der Waals surface area contributed by atoms with Crippen LogP contribution in [0.25, 0.3) is 0 Å². The van der Waals surface area contributed by atoms with Crippen molar-refractivity contribution in [1.29, 1.82) is 0 Å². The maximum absolute atomic E-state index is 12.0. The second-order valence-corrected chi connectivity index (χ2v) is 5.69. The predicted molar refractivity (Wildman–Crippen MR) is 89.6 cm³/mol. The van der Waals surface area contributed by atoms with Crippen molar-refractivity contribution in [1.82, 2.24) is 10.6 Å². The molecule has 0 aromatic heterocycles. The molecule has 0 spiro atoms. The molecule has 1 aliphatic carbocycles. The molecule has 1 fully saturated rings. The lowest BCUT2D eigenvalue weighted by Gasteiger charge is -2.28. The van der Waals surface area contributed by atoms with Crippen LogP contribution in [0.3, 0.4) is 0 Å². The molecule has 0 heterocycles. The molecule has 0 aromatic carbocycles. The predicted octanol–water partition coefficient (Wildman–Crippen LogP) is 2.64. The lowest BCUT2D eigenvalue weighted by Crippen LogP contribution is -2.54. The third-order valence-electron chi connectivity index (χ3n) is 4.01. The molecule has 1 aliphatic rings. The fraction of sp³-hybridized carbons (Fsp3) is 0.882. The van der Waals surface area contributed by atoms with Gasteiger partial charge >= 0.3 is 0 Å². The van der Waals surface area contributed by atoms with Crippen LogP contribution in [0, 0.1) is 5.92 Å². The van der Waals surface area contributed by atoms with Gasteiger partial charge in [0.1, 0.15) is 6.04 Å². The summed E-state index contributed by atoms with van der Waals surface area (Å²) in [5.74, 6) is 0.149. The van der Waals surface area contributed by atoms with Gasteiger partial charge in [-0.15, -0.1) is 0 Å². The summed E-state index contributed by atoms with van der Waals surface area (Å²) >= 11 is 0. The molecule has 0 saturated heterocycles. The smallest absolute Gasteiger partial charge is 0.245 e. The highest BCUT2D eigenvalue weighted by Crippen LogP contribution is 2.43. The number of rotatable bonds is 9. The monoisotopic (exact) mass is 314 g/mol. The number of nitrogens with one attached hydrogen (secondary N) is 2. The van der Waals surface area contributed by atoms with Gasteiger partial charge in [-0.1, -0.05) is 40.5 Å². The molecule has 0 aliphatic heterocycles. The molecule has 2 N–H and O–H groups in total. The largest absolute Gasteiger partial charge is 0.372 e. The minimum Gasteiger partial charge on any atom is -0.372 e. The average Bonchev–Trinajstić information content (AvgIpc) is 3.31. The number of ether oxygens (including phenoxy) is 1. The second-order valence-electron chi connectivity index (χ2n) is 5.69. The average molecular weight is 314 g/mol. The fourth-order valence-electron chi connectivity index (χ4n) is 2.52. The molecule has 1 rings (SSSR count). The van der Waals surface area contributed by atoms with Crippen LogP contribution in [-0.2, 0) is 14.3 Å². The van der Waals surface area contributed by atoms with E-state index in [1.807, 2.05) is 13.8 Å². The summed E-state index contributed by atoms with van der Waals surface area (Å²) in [5, 5.41) is 5.34. The van der Waals surface area contributed by atoms with Crippen molar-refractivity contribution < 1.29 is 14.3 Å². The maximum atomic E-state index is 12.0. The summed E-state index contributed by atoms with van der Waals surface area (Å²) in [6, 6.07) is -0.580. The first-order chi connectivity index (χ1) is 10.5. The van der Waals surface area contributed by atoms with Crippen LogP contribution in [0.4, 0.5) is 0 Å². The van der Waals surface area contributed by atoms with Crippen molar-refractivity contribution in [3.8, 4) is 0 Å². The van der Waals surface area contributed by atoms with E-state index in [1.165, 1.54) is 6.92 Å². The highest BCUT2D eigenvalue weighted by Gasteiger charge is 2.54. The van der Waals surface area contributed by atoms with Crippen LogP contribution in [-0.4, -0.2) is 37.1 Å². The first-order valence-corrected chi connectivity index (χ1v) is 8.61. The number of likely N-dealkylation sites (N-methyl/N-ethyl adjacent to an activating group) is 1. The summed E-state index contributed by atoms with van der Waals surface area (Å²) in [6.07, 6.45) is 5.01. The van der Waals surface area contributed by atoms with Crippen LogP contribution in [0.2, 0.25) is 0 Å². The van der Waals surface area contributed by atoms with Gasteiger partial charge in [-0.05, 0) is 25.2 Å². The number of hydrogen-bond acceptors (Lipinski definition) is 3. The van der Waals surface area contributed by atoms with E-state index in [9.17, 15) is 9.59 Å². The Morgan fingerprint density at radius 1 is 1.23 bits per heavy atom. The van der Waals surface area contributed by atoms with Gasteiger partial charge < -0.3 is 15.4 Å². The van der Waals surface area contributed by atoms with Crippen molar-refractivity contribution in [2.45, 2.75) is 78.4 Å². The normalized spacial score (nSPS) is 17.5. The molecule has 0 radical (unpaired) electrons. The summed E-state index contributed by atoms with van der Waals surface area (Å²) in [5.41, 5.74) is -0.493. The third-order valence-corrected chi connectivity index (χ3v) is 4.01. The topological polar surface area (TPSA) is 67.4 Å². The second kappa shape index (κ2) is 10.6. The van der Waals surface area contributed by atoms with Gasteiger partial charge in [0.25, 0.3) is 0 Å². The van der Waals surface area contributed by atoms with E-state index in [2.05, 4.69) is 24.5 Å². The number of amides is 2. The molecule has 2 unspecified atom stereocenters. The van der Waals surface area contributed by atoms with Gasteiger partial charge in [0.2, 0.25) is 11.8 Å². The summed E-state index contributed by atoms with van der Waals surface area (Å²) in [6.45, 7) is 10.4. The Morgan fingerprint density at radius 2 is 1.82 bits per heavy atom.